The van der Waals surface area contributed by atoms with Crippen molar-refractivity contribution in [3.63, 3.8) is 0 Å². The van der Waals surface area contributed by atoms with E-state index >= 15 is 0 Å². The number of carbonyl (C=O) groups is 2. The van der Waals surface area contributed by atoms with E-state index in [-0.39, 0.29) is 11.8 Å². The summed E-state index contributed by atoms with van der Waals surface area (Å²) in [6.07, 6.45) is 2.20. The summed E-state index contributed by atoms with van der Waals surface area (Å²) in [7, 11) is 1.57. The molecular weight excluding hydrogens is 342 g/mol. The Bertz CT molecular complexity index is 1020. The third kappa shape index (κ3) is 3.33. The molecule has 3 aromatic rings. The number of fused-ring (bicyclic) bond motifs is 1. The van der Waals surface area contributed by atoms with Crippen LogP contribution in [0.4, 0.5) is 5.69 Å². The molecule has 0 radical (unpaired) electrons. The first-order valence-corrected chi connectivity index (χ1v) is 8.75. The van der Waals surface area contributed by atoms with E-state index in [0.29, 0.717) is 24.4 Å². The molecule has 1 atom stereocenters. The van der Waals surface area contributed by atoms with Crippen LogP contribution in [0.15, 0.2) is 60.8 Å². The van der Waals surface area contributed by atoms with Crippen molar-refractivity contribution >= 4 is 28.4 Å². The molecule has 2 aromatic carbocycles. The van der Waals surface area contributed by atoms with Crippen LogP contribution >= 0.6 is 0 Å². The first kappa shape index (κ1) is 17.0. The zero-order chi connectivity index (χ0) is 18.8. The maximum atomic E-state index is 13.1. The molecule has 2 heterocycles. The maximum Gasteiger partial charge on any atom is 0.251 e. The predicted molar refractivity (Wildman–Crippen MR) is 102 cm³/mol. The molecule has 0 spiro atoms. The van der Waals surface area contributed by atoms with Crippen LogP contribution in [0, 0.1) is 0 Å². The Morgan fingerprint density at radius 1 is 1.19 bits per heavy atom. The third-order valence-corrected chi connectivity index (χ3v) is 4.73. The van der Waals surface area contributed by atoms with Gasteiger partial charge in [0.1, 0.15) is 11.8 Å². The Morgan fingerprint density at radius 3 is 2.81 bits per heavy atom. The smallest absolute Gasteiger partial charge is 0.251 e. The van der Waals surface area contributed by atoms with Crippen LogP contribution in [0.2, 0.25) is 0 Å². The van der Waals surface area contributed by atoms with Crippen molar-refractivity contribution < 1.29 is 14.3 Å². The summed E-state index contributed by atoms with van der Waals surface area (Å²) in [5, 5.41) is 3.84. The summed E-state index contributed by atoms with van der Waals surface area (Å²) in [6.45, 7) is 0.570. The number of carbonyl (C=O) groups excluding carboxylic acids is 2. The van der Waals surface area contributed by atoms with E-state index in [2.05, 4.69) is 10.3 Å². The number of methoxy groups -OCH3 is 1. The van der Waals surface area contributed by atoms with E-state index in [4.69, 9.17) is 4.74 Å². The number of nitrogens with one attached hydrogen (secondary N) is 1. The Hall–Kier alpha value is -3.41. The van der Waals surface area contributed by atoms with Gasteiger partial charge >= 0.3 is 0 Å². The monoisotopic (exact) mass is 361 g/mol. The number of benzene rings is 2. The van der Waals surface area contributed by atoms with Crippen molar-refractivity contribution in [1.29, 1.82) is 0 Å². The fourth-order valence-electron chi connectivity index (χ4n) is 3.25. The van der Waals surface area contributed by atoms with Gasteiger partial charge in [0.15, 0.2) is 0 Å². The standard InChI is InChI=1S/C21H19N3O3/c1-27-17-6-2-5-16(13-17)23-21(26)20(24-11-9-19(24)25)15-7-8-18-14(12-15)4-3-10-22-18/h2-8,10,12-13,20H,9,11H2,1H3,(H,23,26). The minimum absolute atomic E-state index is 0.0212. The number of rotatable bonds is 5. The molecular formula is C21H19N3O3. The average molecular weight is 361 g/mol. The third-order valence-electron chi connectivity index (χ3n) is 4.73. The van der Waals surface area contributed by atoms with Crippen molar-refractivity contribution in [2.75, 3.05) is 19.0 Å². The molecule has 1 fully saturated rings. The van der Waals surface area contributed by atoms with Gasteiger partial charge in [-0.2, -0.15) is 0 Å². The van der Waals surface area contributed by atoms with Gasteiger partial charge in [-0.3, -0.25) is 14.6 Å². The molecule has 1 aromatic heterocycles. The molecule has 1 unspecified atom stereocenters. The molecule has 1 aliphatic rings. The fourth-order valence-corrected chi connectivity index (χ4v) is 3.25. The Labute approximate surface area is 156 Å². The number of anilines is 1. The highest BCUT2D eigenvalue weighted by Crippen LogP contribution is 2.30. The van der Waals surface area contributed by atoms with Crippen molar-refractivity contribution in [2.24, 2.45) is 0 Å². The quantitative estimate of drug-likeness (QED) is 0.709. The van der Waals surface area contributed by atoms with E-state index in [1.165, 1.54) is 0 Å². The van der Waals surface area contributed by atoms with Crippen LogP contribution in [0.3, 0.4) is 0 Å². The zero-order valence-electron chi connectivity index (χ0n) is 14.9. The van der Waals surface area contributed by atoms with E-state index in [9.17, 15) is 9.59 Å². The molecule has 4 rings (SSSR count). The van der Waals surface area contributed by atoms with Gasteiger partial charge in [-0.25, -0.2) is 0 Å². The highest BCUT2D eigenvalue weighted by molar-refractivity contribution is 5.99. The number of β-lactam (4-membered cyclic amide) rings is 1. The van der Waals surface area contributed by atoms with Gasteiger partial charge in [-0.05, 0) is 35.9 Å². The van der Waals surface area contributed by atoms with Gasteiger partial charge in [0, 0.05) is 36.3 Å². The number of hydrogen-bond acceptors (Lipinski definition) is 4. The summed E-state index contributed by atoms with van der Waals surface area (Å²) >= 11 is 0. The molecule has 1 saturated heterocycles. The Morgan fingerprint density at radius 2 is 2.07 bits per heavy atom. The lowest BCUT2D eigenvalue weighted by atomic mass is 9.98. The highest BCUT2D eigenvalue weighted by atomic mass is 16.5. The highest BCUT2D eigenvalue weighted by Gasteiger charge is 2.36. The first-order valence-electron chi connectivity index (χ1n) is 8.75. The second-order valence-electron chi connectivity index (χ2n) is 6.42. The van der Waals surface area contributed by atoms with Crippen molar-refractivity contribution in [1.82, 2.24) is 9.88 Å². The fraction of sp³-hybridized carbons (Fsp3) is 0.190. The van der Waals surface area contributed by atoms with E-state index < -0.39 is 6.04 Å². The van der Waals surface area contributed by atoms with Crippen molar-refractivity contribution in [3.05, 3.63) is 66.4 Å². The Balaban J connectivity index is 1.67. The molecule has 136 valence electrons. The normalized spacial score (nSPS) is 14.6. The van der Waals surface area contributed by atoms with Gasteiger partial charge in [-0.15, -0.1) is 0 Å². The van der Waals surface area contributed by atoms with E-state index in [1.807, 2.05) is 36.4 Å². The number of nitrogens with zero attached hydrogens (tertiary/aromatic N) is 2. The SMILES string of the molecule is COc1cccc(NC(=O)C(c2ccc3ncccc3c2)N2CCC2=O)c1. The number of ether oxygens (including phenoxy) is 1. The number of likely N-dealkylation sites (tertiary alicyclic amines) is 1. The number of amides is 2. The molecule has 0 bridgehead atoms. The Kier molecular flexibility index (Phi) is 4.46. The van der Waals surface area contributed by atoms with Crippen LogP contribution in [0.25, 0.3) is 10.9 Å². The van der Waals surface area contributed by atoms with Gasteiger partial charge in [0.05, 0.1) is 12.6 Å². The van der Waals surface area contributed by atoms with Crippen LogP contribution < -0.4 is 10.1 Å². The first-order chi connectivity index (χ1) is 13.2. The second kappa shape index (κ2) is 7.07. The van der Waals surface area contributed by atoms with Crippen LogP contribution in [-0.4, -0.2) is 35.4 Å². The molecule has 27 heavy (non-hydrogen) atoms. The van der Waals surface area contributed by atoms with Crippen molar-refractivity contribution in [3.8, 4) is 5.75 Å². The molecule has 6 nitrogen and oxygen atoms in total. The van der Waals surface area contributed by atoms with Crippen molar-refractivity contribution in [2.45, 2.75) is 12.5 Å². The molecule has 6 heteroatoms. The lowest BCUT2D eigenvalue weighted by Gasteiger charge is -2.37. The van der Waals surface area contributed by atoms with Crippen LogP contribution in [-0.2, 0) is 9.59 Å². The summed E-state index contributed by atoms with van der Waals surface area (Å²) in [4.78, 5) is 31.1. The summed E-state index contributed by atoms with van der Waals surface area (Å²) in [5.41, 5.74) is 2.24. The zero-order valence-corrected chi connectivity index (χ0v) is 14.9. The molecule has 0 aliphatic carbocycles. The van der Waals surface area contributed by atoms with E-state index in [0.717, 1.165) is 16.5 Å². The van der Waals surface area contributed by atoms with Gasteiger partial charge < -0.3 is 15.0 Å². The van der Waals surface area contributed by atoms with Gasteiger partial charge in [0.25, 0.3) is 5.91 Å². The minimum Gasteiger partial charge on any atom is -0.497 e. The average Bonchev–Trinajstić information content (AvgIpc) is 2.70. The predicted octanol–water partition coefficient (Wildman–Crippen LogP) is 3.16. The van der Waals surface area contributed by atoms with Crippen LogP contribution in [0.5, 0.6) is 5.75 Å². The van der Waals surface area contributed by atoms with Crippen LogP contribution in [0.1, 0.15) is 18.0 Å². The number of aromatic nitrogens is 1. The number of hydrogen-bond donors (Lipinski definition) is 1. The van der Waals surface area contributed by atoms with E-state index in [1.54, 1.807) is 36.4 Å². The summed E-state index contributed by atoms with van der Waals surface area (Å²) in [5.74, 6) is 0.382. The maximum absolute atomic E-state index is 13.1. The van der Waals surface area contributed by atoms with Gasteiger partial charge in [0.2, 0.25) is 5.91 Å². The molecule has 1 N–H and O–H groups in total. The minimum atomic E-state index is -0.679. The molecule has 0 saturated carbocycles. The lowest BCUT2D eigenvalue weighted by molar-refractivity contribution is -0.147. The summed E-state index contributed by atoms with van der Waals surface area (Å²) < 4.78 is 5.20. The largest absolute Gasteiger partial charge is 0.497 e. The van der Waals surface area contributed by atoms with Gasteiger partial charge in [-0.1, -0.05) is 18.2 Å². The summed E-state index contributed by atoms with van der Waals surface area (Å²) in [6, 6.07) is 15.9. The lowest BCUT2D eigenvalue weighted by Crippen LogP contribution is -2.49. The molecule has 1 aliphatic heterocycles. The topological polar surface area (TPSA) is 71.5 Å². The second-order valence-corrected chi connectivity index (χ2v) is 6.42. The molecule has 2 amide bonds. The number of pyridine rings is 1.